The first kappa shape index (κ1) is 9.81. The Morgan fingerprint density at radius 2 is 1.83 bits per heavy atom. The highest BCUT2D eigenvalue weighted by Gasteiger charge is 2.21. The summed E-state index contributed by atoms with van der Waals surface area (Å²) in [5.41, 5.74) is 0.244. The van der Waals surface area contributed by atoms with E-state index in [-0.39, 0.29) is 10.6 Å². The minimum absolute atomic E-state index is 0.244. The summed E-state index contributed by atoms with van der Waals surface area (Å²) in [7, 11) is 0. The van der Waals surface area contributed by atoms with Gasteiger partial charge in [-0.1, -0.05) is 29.3 Å². The maximum Gasteiger partial charge on any atom is 0.188 e. The van der Waals surface area contributed by atoms with Crippen molar-refractivity contribution in [2.75, 3.05) is 0 Å². The number of rotatable bonds is 1. The molecule has 0 aliphatic heterocycles. The van der Waals surface area contributed by atoms with Gasteiger partial charge >= 0.3 is 0 Å². The van der Waals surface area contributed by atoms with Gasteiger partial charge in [-0.15, -0.1) is 0 Å². The molecule has 0 spiro atoms. The normalized spacial score (nSPS) is 11.8. The van der Waals surface area contributed by atoms with E-state index >= 15 is 0 Å². The summed E-state index contributed by atoms with van der Waals surface area (Å²) >= 11 is 11.3. The highest BCUT2D eigenvalue weighted by Crippen LogP contribution is 2.28. The predicted molar refractivity (Wildman–Crippen MR) is 48.3 cm³/mol. The third-order valence-corrected chi connectivity index (χ3v) is 1.99. The fourth-order valence-electron chi connectivity index (χ4n) is 0.874. The van der Waals surface area contributed by atoms with E-state index in [0.29, 0.717) is 5.02 Å². The molecule has 0 aromatic heterocycles. The van der Waals surface area contributed by atoms with Crippen molar-refractivity contribution >= 4 is 23.2 Å². The third kappa shape index (κ3) is 2.11. The quantitative estimate of drug-likeness (QED) is 0.692. The van der Waals surface area contributed by atoms with Gasteiger partial charge in [0.1, 0.15) is 0 Å². The lowest BCUT2D eigenvalue weighted by molar-refractivity contribution is -0.152. The molecule has 4 heteroatoms. The van der Waals surface area contributed by atoms with Gasteiger partial charge in [-0.25, -0.2) is 0 Å². The van der Waals surface area contributed by atoms with Crippen molar-refractivity contribution in [1.29, 1.82) is 0 Å². The van der Waals surface area contributed by atoms with Crippen LogP contribution in [-0.2, 0) is 5.79 Å². The lowest BCUT2D eigenvalue weighted by atomic mass is 10.1. The van der Waals surface area contributed by atoms with Crippen LogP contribution in [0.5, 0.6) is 0 Å². The molecule has 2 nitrogen and oxygen atoms in total. The molecule has 0 saturated carbocycles. The van der Waals surface area contributed by atoms with Gasteiger partial charge in [0.15, 0.2) is 5.79 Å². The van der Waals surface area contributed by atoms with Crippen LogP contribution >= 0.6 is 23.2 Å². The van der Waals surface area contributed by atoms with Crippen LogP contribution in [0.1, 0.15) is 12.5 Å². The first-order chi connectivity index (χ1) is 5.41. The van der Waals surface area contributed by atoms with E-state index in [1.54, 1.807) is 6.07 Å². The minimum Gasteiger partial charge on any atom is -0.362 e. The molecule has 0 aliphatic carbocycles. The number of hydrogen-bond donors (Lipinski definition) is 2. The standard InChI is InChI=1S/C8H8Cl2O2/c1-8(11,12)6-3-2-5(9)4-7(6)10/h2-4,11-12H,1H3. The molecule has 0 fully saturated rings. The van der Waals surface area contributed by atoms with E-state index in [9.17, 15) is 10.2 Å². The summed E-state index contributed by atoms with van der Waals surface area (Å²) in [4.78, 5) is 0. The summed E-state index contributed by atoms with van der Waals surface area (Å²) in [6, 6.07) is 4.49. The second-order valence-corrected chi connectivity index (χ2v) is 3.49. The molecule has 1 aromatic rings. The van der Waals surface area contributed by atoms with Crippen LogP contribution in [0.25, 0.3) is 0 Å². The Kier molecular flexibility index (Phi) is 2.64. The molecule has 2 N–H and O–H groups in total. The van der Waals surface area contributed by atoms with Gasteiger partial charge in [0, 0.05) is 10.6 Å². The van der Waals surface area contributed by atoms with E-state index < -0.39 is 5.79 Å². The molecular weight excluding hydrogens is 199 g/mol. The Bertz CT molecular complexity index is 292. The third-order valence-electron chi connectivity index (χ3n) is 1.44. The zero-order valence-electron chi connectivity index (χ0n) is 6.38. The Hall–Kier alpha value is -0.280. The molecule has 0 amide bonds. The van der Waals surface area contributed by atoms with Crippen molar-refractivity contribution in [2.45, 2.75) is 12.7 Å². The van der Waals surface area contributed by atoms with E-state index in [1.165, 1.54) is 19.1 Å². The maximum absolute atomic E-state index is 9.19. The molecule has 0 aliphatic rings. The molecular formula is C8H8Cl2O2. The topological polar surface area (TPSA) is 40.5 Å². The van der Waals surface area contributed by atoms with Gasteiger partial charge in [0.05, 0.1) is 5.02 Å². The lowest BCUT2D eigenvalue weighted by Gasteiger charge is -2.17. The summed E-state index contributed by atoms with van der Waals surface area (Å²) < 4.78 is 0. The van der Waals surface area contributed by atoms with Gasteiger partial charge in [-0.05, 0) is 19.1 Å². The molecule has 1 rings (SSSR count). The molecule has 66 valence electrons. The van der Waals surface area contributed by atoms with Crippen LogP contribution < -0.4 is 0 Å². The average Bonchev–Trinajstić information content (AvgIpc) is 1.83. The van der Waals surface area contributed by atoms with Crippen LogP contribution in [0, 0.1) is 0 Å². The van der Waals surface area contributed by atoms with Crippen LogP contribution in [0.2, 0.25) is 10.0 Å². The van der Waals surface area contributed by atoms with E-state index in [4.69, 9.17) is 23.2 Å². The smallest absolute Gasteiger partial charge is 0.188 e. The molecule has 0 heterocycles. The molecule has 0 radical (unpaired) electrons. The van der Waals surface area contributed by atoms with Crippen molar-refractivity contribution in [3.05, 3.63) is 33.8 Å². The van der Waals surface area contributed by atoms with Crippen LogP contribution in [-0.4, -0.2) is 10.2 Å². The zero-order valence-corrected chi connectivity index (χ0v) is 7.89. The monoisotopic (exact) mass is 206 g/mol. The van der Waals surface area contributed by atoms with Crippen molar-refractivity contribution in [3.63, 3.8) is 0 Å². The number of aliphatic hydroxyl groups is 2. The fourth-order valence-corrected chi connectivity index (χ4v) is 1.46. The van der Waals surface area contributed by atoms with E-state index in [1.807, 2.05) is 0 Å². The van der Waals surface area contributed by atoms with Gasteiger partial charge in [-0.3, -0.25) is 0 Å². The van der Waals surface area contributed by atoms with E-state index in [0.717, 1.165) is 0 Å². The lowest BCUT2D eigenvalue weighted by Crippen LogP contribution is -2.19. The molecule has 0 saturated heterocycles. The van der Waals surface area contributed by atoms with Crippen LogP contribution in [0.15, 0.2) is 18.2 Å². The molecule has 0 unspecified atom stereocenters. The number of hydrogen-bond acceptors (Lipinski definition) is 2. The Morgan fingerprint density at radius 3 is 2.25 bits per heavy atom. The fraction of sp³-hybridized carbons (Fsp3) is 0.250. The highest BCUT2D eigenvalue weighted by molar-refractivity contribution is 6.35. The number of benzene rings is 1. The molecule has 0 atom stereocenters. The Labute approximate surface area is 80.4 Å². The van der Waals surface area contributed by atoms with Gasteiger partial charge in [0.2, 0.25) is 0 Å². The number of halogens is 2. The predicted octanol–water partition coefficient (Wildman–Crippen LogP) is 2.15. The van der Waals surface area contributed by atoms with Crippen LogP contribution in [0.3, 0.4) is 0 Å². The van der Waals surface area contributed by atoms with Crippen molar-refractivity contribution < 1.29 is 10.2 Å². The van der Waals surface area contributed by atoms with Crippen molar-refractivity contribution in [3.8, 4) is 0 Å². The van der Waals surface area contributed by atoms with Gasteiger partial charge in [-0.2, -0.15) is 0 Å². The first-order valence-electron chi connectivity index (χ1n) is 3.31. The zero-order chi connectivity index (χ0) is 9.35. The molecule has 1 aromatic carbocycles. The molecule has 12 heavy (non-hydrogen) atoms. The molecule has 0 bridgehead atoms. The van der Waals surface area contributed by atoms with Crippen LogP contribution in [0.4, 0.5) is 0 Å². The summed E-state index contributed by atoms with van der Waals surface area (Å²) in [6.45, 7) is 1.24. The summed E-state index contributed by atoms with van der Waals surface area (Å²) in [6.07, 6.45) is 0. The van der Waals surface area contributed by atoms with E-state index in [2.05, 4.69) is 0 Å². The largest absolute Gasteiger partial charge is 0.362 e. The highest BCUT2D eigenvalue weighted by atomic mass is 35.5. The van der Waals surface area contributed by atoms with Crippen molar-refractivity contribution in [1.82, 2.24) is 0 Å². The van der Waals surface area contributed by atoms with Gasteiger partial charge < -0.3 is 10.2 Å². The van der Waals surface area contributed by atoms with Crippen molar-refractivity contribution in [2.24, 2.45) is 0 Å². The summed E-state index contributed by atoms with van der Waals surface area (Å²) in [5, 5.41) is 19.1. The summed E-state index contributed by atoms with van der Waals surface area (Å²) in [5.74, 6) is -1.92. The minimum atomic E-state index is -1.92. The first-order valence-corrected chi connectivity index (χ1v) is 4.07. The average molecular weight is 207 g/mol. The SMILES string of the molecule is CC(O)(O)c1ccc(Cl)cc1Cl. The second-order valence-electron chi connectivity index (χ2n) is 2.64. The maximum atomic E-state index is 9.19. The second kappa shape index (κ2) is 3.23. The Morgan fingerprint density at radius 1 is 1.25 bits per heavy atom. The van der Waals surface area contributed by atoms with Gasteiger partial charge in [0.25, 0.3) is 0 Å². The Balaban J connectivity index is 3.19.